The van der Waals surface area contributed by atoms with Crippen molar-refractivity contribution in [2.24, 2.45) is 0 Å². The molecule has 0 spiro atoms. The molecule has 9 nitrogen and oxygen atoms in total. The minimum atomic E-state index is -0.163. The SMILES string of the molecule is CCN(CC)C(=N)c1ccc(CSc2nc(C)cc(=O)[nH]2)c(Cl)c1.Cl.Cl.[C-]#[N+]c1ccc(CSc2nc(C)cc(=O)[nH]2)c(Cl)c1. The number of halogens is 4. The summed E-state index contributed by atoms with van der Waals surface area (Å²) in [6.07, 6.45) is 0. The molecule has 4 rings (SSSR count). The second kappa shape index (κ2) is 19.5. The molecule has 0 saturated heterocycles. The first-order chi connectivity index (χ1) is 20.5. The van der Waals surface area contributed by atoms with Gasteiger partial charge in [0.25, 0.3) is 11.1 Å². The van der Waals surface area contributed by atoms with Gasteiger partial charge < -0.3 is 14.9 Å². The molecule has 0 amide bonds. The smallest absolute Gasteiger partial charge is 0.251 e. The Balaban J connectivity index is 0.000000441. The van der Waals surface area contributed by atoms with Crippen molar-refractivity contribution in [3.63, 3.8) is 0 Å². The third-order valence-corrected chi connectivity index (χ3v) is 8.54. The van der Waals surface area contributed by atoms with Crippen LogP contribution in [0.4, 0.5) is 5.69 Å². The summed E-state index contributed by atoms with van der Waals surface area (Å²) in [5.41, 5.74) is 4.23. The molecule has 2 aromatic heterocycles. The van der Waals surface area contributed by atoms with Crippen LogP contribution in [0.2, 0.25) is 10.0 Å². The van der Waals surface area contributed by atoms with Gasteiger partial charge in [-0.05, 0) is 51.0 Å². The van der Waals surface area contributed by atoms with Crippen molar-refractivity contribution < 1.29 is 0 Å². The minimum Gasteiger partial charge on any atom is -0.357 e. The summed E-state index contributed by atoms with van der Waals surface area (Å²) in [5.74, 6) is 1.67. The zero-order chi connectivity index (χ0) is 31.5. The quantitative estimate of drug-likeness (QED) is 0.0523. The highest BCUT2D eigenvalue weighted by atomic mass is 35.5. The molecule has 45 heavy (non-hydrogen) atoms. The Labute approximate surface area is 293 Å². The van der Waals surface area contributed by atoms with Crippen LogP contribution in [-0.2, 0) is 11.5 Å². The lowest BCUT2D eigenvalue weighted by atomic mass is 10.1. The Hall–Kier alpha value is -2.98. The number of benzene rings is 2. The first-order valence-electron chi connectivity index (χ1n) is 13.2. The van der Waals surface area contributed by atoms with Crippen molar-refractivity contribution in [3.8, 4) is 0 Å². The highest BCUT2D eigenvalue weighted by Gasteiger charge is 2.11. The van der Waals surface area contributed by atoms with E-state index < -0.39 is 0 Å². The molecule has 15 heteroatoms. The van der Waals surface area contributed by atoms with E-state index in [1.54, 1.807) is 26.0 Å². The van der Waals surface area contributed by atoms with Gasteiger partial charge in [-0.1, -0.05) is 71.0 Å². The third-order valence-electron chi connectivity index (χ3n) is 6.00. The number of amidine groups is 1. The summed E-state index contributed by atoms with van der Waals surface area (Å²) in [5, 5.41) is 10.6. The average molecular weight is 730 g/mol. The van der Waals surface area contributed by atoms with Crippen LogP contribution in [-0.4, -0.2) is 43.8 Å². The maximum absolute atomic E-state index is 11.5. The van der Waals surface area contributed by atoms with E-state index in [-0.39, 0.29) is 35.9 Å². The Morgan fingerprint density at radius 3 is 1.71 bits per heavy atom. The minimum absolute atomic E-state index is 0. The van der Waals surface area contributed by atoms with Gasteiger partial charge in [-0.15, -0.1) is 24.8 Å². The van der Waals surface area contributed by atoms with E-state index in [1.807, 2.05) is 43.0 Å². The third kappa shape index (κ3) is 12.4. The molecule has 0 aliphatic carbocycles. The van der Waals surface area contributed by atoms with E-state index >= 15 is 0 Å². The highest BCUT2D eigenvalue weighted by Crippen LogP contribution is 2.28. The van der Waals surface area contributed by atoms with Crippen molar-refractivity contribution in [1.29, 1.82) is 5.41 Å². The normalized spacial score (nSPS) is 9.98. The lowest BCUT2D eigenvalue weighted by Crippen LogP contribution is -2.30. The Morgan fingerprint density at radius 2 is 1.31 bits per heavy atom. The van der Waals surface area contributed by atoms with E-state index in [2.05, 4.69) is 24.8 Å². The molecule has 0 unspecified atom stereocenters. The van der Waals surface area contributed by atoms with Crippen molar-refractivity contribution in [3.05, 3.63) is 119 Å². The first kappa shape index (κ1) is 40.0. The monoisotopic (exact) mass is 727 g/mol. The predicted octanol–water partition coefficient (Wildman–Crippen LogP) is 8.11. The fraction of sp³-hybridized carbons (Fsp3) is 0.267. The molecule has 4 aromatic rings. The van der Waals surface area contributed by atoms with Crippen LogP contribution < -0.4 is 11.1 Å². The van der Waals surface area contributed by atoms with Gasteiger partial charge in [-0.3, -0.25) is 15.0 Å². The standard InChI is InChI=1S/C17H21ClN4OS.C13H10ClN3OS.2ClH/c1-4-22(5-2)16(19)12-6-7-13(14(18)9-12)10-24-17-20-11(3)8-15(23)21-17;1-8-5-12(18)17-13(16-8)19-7-9-3-4-10(15-2)6-11(9)14;;/h6-9,19H,4-5,10H2,1-3H3,(H,20,21,23);3-6H,7H2,1H3,(H,16,17,18);2*1H. The number of nitrogens with zero attached hydrogens (tertiary/aromatic N) is 4. The molecule has 0 aliphatic rings. The molecular formula is C30H33Cl4N7O2S2. The lowest BCUT2D eigenvalue weighted by molar-refractivity contribution is 0.463. The van der Waals surface area contributed by atoms with Crippen LogP contribution in [0, 0.1) is 25.8 Å². The summed E-state index contributed by atoms with van der Waals surface area (Å²) in [6, 6.07) is 13.7. The van der Waals surface area contributed by atoms with Gasteiger partial charge in [0.1, 0.15) is 5.84 Å². The lowest BCUT2D eigenvalue weighted by Gasteiger charge is -2.22. The molecule has 0 saturated carbocycles. The molecule has 0 radical (unpaired) electrons. The van der Waals surface area contributed by atoms with E-state index in [1.165, 1.54) is 35.7 Å². The Kier molecular flexibility index (Phi) is 17.4. The maximum Gasteiger partial charge on any atom is 0.251 e. The number of aryl methyl sites for hydroxylation is 2. The number of aromatic nitrogens is 4. The number of thioether (sulfide) groups is 2. The molecule has 2 heterocycles. The van der Waals surface area contributed by atoms with E-state index in [4.69, 9.17) is 35.2 Å². The van der Waals surface area contributed by atoms with Crippen molar-refractivity contribution in [2.75, 3.05) is 13.1 Å². The van der Waals surface area contributed by atoms with Crippen LogP contribution >= 0.6 is 71.5 Å². The Bertz CT molecular complexity index is 1760. The van der Waals surface area contributed by atoms with Gasteiger partial charge in [-0.2, -0.15) is 0 Å². The zero-order valence-electron chi connectivity index (χ0n) is 24.9. The van der Waals surface area contributed by atoms with Gasteiger partial charge in [-0.25, -0.2) is 14.8 Å². The van der Waals surface area contributed by atoms with Crippen LogP contribution in [0.1, 0.15) is 41.9 Å². The van der Waals surface area contributed by atoms with Gasteiger partial charge >= 0.3 is 0 Å². The zero-order valence-corrected chi connectivity index (χ0v) is 29.7. The van der Waals surface area contributed by atoms with Gasteiger partial charge in [0, 0.05) is 63.7 Å². The fourth-order valence-corrected chi connectivity index (χ4v) is 6.29. The van der Waals surface area contributed by atoms with Crippen LogP contribution in [0.25, 0.3) is 4.85 Å². The number of rotatable bonds is 9. The van der Waals surface area contributed by atoms with Gasteiger partial charge in [0.05, 0.1) is 6.57 Å². The maximum atomic E-state index is 11.5. The molecule has 0 fully saturated rings. The summed E-state index contributed by atoms with van der Waals surface area (Å²) in [7, 11) is 0. The average Bonchev–Trinajstić information content (AvgIpc) is 2.95. The molecular weight excluding hydrogens is 696 g/mol. The van der Waals surface area contributed by atoms with E-state index in [9.17, 15) is 9.59 Å². The number of H-pyrrole nitrogens is 2. The van der Waals surface area contributed by atoms with Gasteiger partial charge in [0.2, 0.25) is 0 Å². The van der Waals surface area contributed by atoms with Crippen LogP contribution in [0.5, 0.6) is 0 Å². The van der Waals surface area contributed by atoms with E-state index in [0.29, 0.717) is 54.8 Å². The Morgan fingerprint density at radius 1 is 0.844 bits per heavy atom. The second-order valence-corrected chi connectivity index (χ2v) is 11.9. The predicted molar refractivity (Wildman–Crippen MR) is 192 cm³/mol. The second-order valence-electron chi connectivity index (χ2n) is 9.18. The van der Waals surface area contributed by atoms with Crippen molar-refractivity contribution in [1.82, 2.24) is 24.8 Å². The van der Waals surface area contributed by atoms with Crippen LogP contribution in [0.3, 0.4) is 0 Å². The summed E-state index contributed by atoms with van der Waals surface area (Å²) >= 11 is 15.3. The molecule has 3 N–H and O–H groups in total. The number of aromatic amines is 2. The fourth-order valence-electron chi connectivity index (χ4n) is 3.79. The summed E-state index contributed by atoms with van der Waals surface area (Å²) in [6.45, 7) is 16.1. The topological polar surface area (TPSA) is 123 Å². The summed E-state index contributed by atoms with van der Waals surface area (Å²) in [4.78, 5) is 42.0. The van der Waals surface area contributed by atoms with Crippen LogP contribution in [0.15, 0.2) is 68.4 Å². The van der Waals surface area contributed by atoms with Gasteiger partial charge in [0.15, 0.2) is 16.0 Å². The largest absolute Gasteiger partial charge is 0.357 e. The molecule has 2 aromatic carbocycles. The van der Waals surface area contributed by atoms with Crippen molar-refractivity contribution in [2.45, 2.75) is 49.5 Å². The summed E-state index contributed by atoms with van der Waals surface area (Å²) < 4.78 is 0. The molecule has 0 atom stereocenters. The number of hydrogen-bond donors (Lipinski definition) is 3. The van der Waals surface area contributed by atoms with E-state index in [0.717, 1.165) is 29.8 Å². The number of nitrogens with one attached hydrogen (secondary N) is 3. The van der Waals surface area contributed by atoms with Crippen molar-refractivity contribution >= 4 is 83.1 Å². The number of hydrogen-bond acceptors (Lipinski definition) is 7. The highest BCUT2D eigenvalue weighted by molar-refractivity contribution is 7.98. The molecule has 0 aliphatic heterocycles. The molecule has 240 valence electrons. The first-order valence-corrected chi connectivity index (χ1v) is 15.9. The molecule has 0 bridgehead atoms.